The summed E-state index contributed by atoms with van der Waals surface area (Å²) in [6.07, 6.45) is 1.66. The Morgan fingerprint density at radius 3 is 2.48 bits per heavy atom. The van der Waals surface area contributed by atoms with Gasteiger partial charge in [-0.25, -0.2) is 4.79 Å². The zero-order chi connectivity index (χ0) is 20.5. The van der Waals surface area contributed by atoms with Crippen LogP contribution in [0.2, 0.25) is 0 Å². The molecule has 2 aliphatic heterocycles. The number of allylic oxidation sites excluding steroid dienone is 1. The first kappa shape index (κ1) is 18.6. The Bertz CT molecular complexity index is 1050. The first-order chi connectivity index (χ1) is 14.0. The van der Waals surface area contributed by atoms with Crippen LogP contribution in [-0.4, -0.2) is 32.9 Å². The van der Waals surface area contributed by atoms with Gasteiger partial charge < -0.3 is 18.9 Å². The fraction of sp³-hybridized carbons (Fsp3) is 0.182. The summed E-state index contributed by atoms with van der Waals surface area (Å²) in [5.41, 5.74) is 2.32. The lowest BCUT2D eigenvalue weighted by molar-refractivity contribution is -0.136. The van der Waals surface area contributed by atoms with E-state index in [1.807, 2.05) is 0 Å². The van der Waals surface area contributed by atoms with Gasteiger partial charge in [0.15, 0.2) is 11.5 Å². The zero-order valence-corrected chi connectivity index (χ0v) is 16.2. The lowest BCUT2D eigenvalue weighted by Crippen LogP contribution is -2.24. The Morgan fingerprint density at radius 2 is 1.79 bits per heavy atom. The summed E-state index contributed by atoms with van der Waals surface area (Å²) < 4.78 is 20.8. The lowest BCUT2D eigenvalue weighted by Gasteiger charge is -2.18. The van der Waals surface area contributed by atoms with E-state index in [2.05, 4.69) is 0 Å². The maximum Gasteiger partial charge on any atom is 0.340 e. The molecular formula is C22H19NO6. The van der Waals surface area contributed by atoms with Crippen LogP contribution in [0.4, 0.5) is 5.69 Å². The van der Waals surface area contributed by atoms with Crippen molar-refractivity contribution >= 4 is 23.6 Å². The van der Waals surface area contributed by atoms with E-state index in [1.165, 1.54) is 12.0 Å². The molecule has 2 aromatic carbocycles. The van der Waals surface area contributed by atoms with Gasteiger partial charge >= 0.3 is 5.97 Å². The lowest BCUT2D eigenvalue weighted by atomic mass is 10.0. The van der Waals surface area contributed by atoms with Crippen molar-refractivity contribution in [1.82, 2.24) is 0 Å². The summed E-state index contributed by atoms with van der Waals surface area (Å²) in [5, 5.41) is 0. The van der Waals surface area contributed by atoms with Crippen LogP contribution in [0.3, 0.4) is 0 Å². The summed E-state index contributed by atoms with van der Waals surface area (Å²) in [6, 6.07) is 12.4. The smallest absolute Gasteiger partial charge is 0.340 e. The molecule has 0 saturated carbocycles. The number of nitrogens with zero attached hydrogens (tertiary/aromatic N) is 1. The fourth-order valence-corrected chi connectivity index (χ4v) is 3.39. The minimum atomic E-state index is -0.571. The van der Waals surface area contributed by atoms with Crippen LogP contribution in [0.25, 0.3) is 6.08 Å². The summed E-state index contributed by atoms with van der Waals surface area (Å²) in [5.74, 6) is 1.03. The highest BCUT2D eigenvalue weighted by molar-refractivity contribution is 6.23. The molecule has 148 valence electrons. The fourth-order valence-electron chi connectivity index (χ4n) is 3.39. The second kappa shape index (κ2) is 7.35. The molecule has 0 N–H and O–H groups in total. The number of benzene rings is 2. The average Bonchev–Trinajstić information content (AvgIpc) is 3.30. The molecule has 0 spiro atoms. The third kappa shape index (κ3) is 3.20. The predicted molar refractivity (Wildman–Crippen MR) is 106 cm³/mol. The van der Waals surface area contributed by atoms with Crippen molar-refractivity contribution in [2.45, 2.75) is 6.92 Å². The molecule has 0 aliphatic carbocycles. The monoisotopic (exact) mass is 393 g/mol. The quantitative estimate of drug-likeness (QED) is 0.586. The van der Waals surface area contributed by atoms with Gasteiger partial charge in [0.25, 0.3) is 5.91 Å². The van der Waals surface area contributed by atoms with E-state index in [0.717, 1.165) is 0 Å². The molecule has 2 aromatic rings. The van der Waals surface area contributed by atoms with Crippen molar-refractivity contribution < 1.29 is 28.5 Å². The van der Waals surface area contributed by atoms with Crippen molar-refractivity contribution in [3.63, 3.8) is 0 Å². The van der Waals surface area contributed by atoms with Crippen LogP contribution in [0.5, 0.6) is 17.2 Å². The minimum absolute atomic E-state index is 0.159. The maximum atomic E-state index is 13.3. The standard InChI is InChI=1S/C22H19NO6/c1-13-20(22(25)27-3)17(10-14-4-9-18-19(11-14)29-12-28-18)21(24)23(13)15-5-7-16(26-2)8-6-15/h4-11H,12H2,1-3H3/b17-10-. The summed E-state index contributed by atoms with van der Waals surface area (Å²) >= 11 is 0. The number of amides is 1. The Kier molecular flexibility index (Phi) is 4.72. The van der Waals surface area contributed by atoms with E-state index in [1.54, 1.807) is 62.6 Å². The number of carbonyl (C=O) groups is 2. The Hall–Kier alpha value is -3.74. The number of esters is 1. The summed E-state index contributed by atoms with van der Waals surface area (Å²) in [7, 11) is 2.87. The Balaban J connectivity index is 1.78. The van der Waals surface area contributed by atoms with Crippen molar-refractivity contribution in [1.29, 1.82) is 0 Å². The third-order valence-corrected chi connectivity index (χ3v) is 4.83. The summed E-state index contributed by atoms with van der Waals surface area (Å²) in [6.45, 7) is 1.88. The number of hydrogen-bond donors (Lipinski definition) is 0. The second-order valence-corrected chi connectivity index (χ2v) is 6.46. The molecular weight excluding hydrogens is 374 g/mol. The van der Waals surface area contributed by atoms with Crippen molar-refractivity contribution in [2.24, 2.45) is 0 Å². The predicted octanol–water partition coefficient (Wildman–Crippen LogP) is 3.30. The average molecular weight is 393 g/mol. The molecule has 0 radical (unpaired) electrons. The topological polar surface area (TPSA) is 74.3 Å². The number of hydrogen-bond acceptors (Lipinski definition) is 6. The van der Waals surface area contributed by atoms with Gasteiger partial charge in [-0.2, -0.15) is 0 Å². The molecule has 0 fully saturated rings. The molecule has 0 saturated heterocycles. The second-order valence-electron chi connectivity index (χ2n) is 6.46. The van der Waals surface area contributed by atoms with E-state index in [9.17, 15) is 9.59 Å². The minimum Gasteiger partial charge on any atom is -0.497 e. The Labute approximate surface area is 167 Å². The molecule has 7 heteroatoms. The molecule has 0 unspecified atom stereocenters. The molecule has 1 amide bonds. The van der Waals surface area contributed by atoms with Crippen LogP contribution in [-0.2, 0) is 14.3 Å². The van der Waals surface area contributed by atoms with Crippen molar-refractivity contribution in [2.75, 3.05) is 25.9 Å². The third-order valence-electron chi connectivity index (χ3n) is 4.83. The van der Waals surface area contributed by atoms with E-state index in [0.29, 0.717) is 34.2 Å². The first-order valence-corrected chi connectivity index (χ1v) is 8.93. The van der Waals surface area contributed by atoms with Gasteiger partial charge in [0, 0.05) is 11.4 Å². The number of fused-ring (bicyclic) bond motifs is 1. The van der Waals surface area contributed by atoms with Crippen molar-refractivity contribution in [3.8, 4) is 17.2 Å². The van der Waals surface area contributed by atoms with E-state index in [4.69, 9.17) is 18.9 Å². The van der Waals surface area contributed by atoms with Gasteiger partial charge in [-0.05, 0) is 55.0 Å². The highest BCUT2D eigenvalue weighted by Crippen LogP contribution is 2.38. The van der Waals surface area contributed by atoms with Crippen LogP contribution in [0.15, 0.2) is 59.3 Å². The van der Waals surface area contributed by atoms with E-state index >= 15 is 0 Å². The molecule has 2 heterocycles. The van der Waals surface area contributed by atoms with E-state index < -0.39 is 5.97 Å². The number of rotatable bonds is 4. The summed E-state index contributed by atoms with van der Waals surface area (Å²) in [4.78, 5) is 27.2. The molecule has 0 atom stereocenters. The van der Waals surface area contributed by atoms with Gasteiger partial charge in [-0.3, -0.25) is 9.69 Å². The molecule has 0 aromatic heterocycles. The molecule has 7 nitrogen and oxygen atoms in total. The van der Waals surface area contributed by atoms with Gasteiger partial charge in [0.1, 0.15) is 5.75 Å². The molecule has 0 bridgehead atoms. The highest BCUT2D eigenvalue weighted by Gasteiger charge is 2.38. The molecule has 2 aliphatic rings. The largest absolute Gasteiger partial charge is 0.497 e. The number of carbonyl (C=O) groups excluding carboxylic acids is 2. The van der Waals surface area contributed by atoms with Crippen LogP contribution < -0.4 is 19.1 Å². The highest BCUT2D eigenvalue weighted by atomic mass is 16.7. The van der Waals surface area contributed by atoms with Crippen molar-refractivity contribution in [3.05, 3.63) is 64.9 Å². The van der Waals surface area contributed by atoms with Crippen LogP contribution in [0, 0.1) is 0 Å². The first-order valence-electron chi connectivity index (χ1n) is 8.93. The molecule has 29 heavy (non-hydrogen) atoms. The number of anilines is 1. The normalized spacial score (nSPS) is 16.6. The SMILES string of the molecule is COC(=O)C1=C(C)N(c2ccc(OC)cc2)C(=O)/C1=C\c1ccc2c(c1)OCO2. The number of methoxy groups -OCH3 is 2. The van der Waals surface area contributed by atoms with E-state index in [-0.39, 0.29) is 23.8 Å². The maximum absolute atomic E-state index is 13.3. The van der Waals surface area contributed by atoms with Gasteiger partial charge in [-0.15, -0.1) is 0 Å². The van der Waals surface area contributed by atoms with Crippen LogP contribution in [0.1, 0.15) is 12.5 Å². The Morgan fingerprint density at radius 1 is 1.07 bits per heavy atom. The van der Waals surface area contributed by atoms with Gasteiger partial charge in [0.2, 0.25) is 6.79 Å². The van der Waals surface area contributed by atoms with Gasteiger partial charge in [-0.1, -0.05) is 6.07 Å². The van der Waals surface area contributed by atoms with Crippen LogP contribution >= 0.6 is 0 Å². The molecule has 4 rings (SSSR count). The number of ether oxygens (including phenoxy) is 4. The van der Waals surface area contributed by atoms with Gasteiger partial charge in [0.05, 0.1) is 25.4 Å². The zero-order valence-electron chi connectivity index (χ0n) is 16.2.